The molecule has 0 atom stereocenters. The monoisotopic (exact) mass is 296 g/mol. The molecule has 0 aliphatic heterocycles. The van der Waals surface area contributed by atoms with E-state index in [2.05, 4.69) is 30.8 Å². The molecule has 1 aromatic rings. The molecule has 114 valence electrons. The van der Waals surface area contributed by atoms with Crippen molar-refractivity contribution < 1.29 is 9.47 Å². The van der Waals surface area contributed by atoms with Gasteiger partial charge in [0.15, 0.2) is 0 Å². The molecule has 20 heavy (non-hydrogen) atoms. The predicted molar refractivity (Wildman–Crippen MR) is 84.1 cm³/mol. The Kier molecular flexibility index (Phi) is 5.27. The van der Waals surface area contributed by atoms with Gasteiger partial charge in [-0.3, -0.25) is 4.57 Å². The lowest BCUT2D eigenvalue weighted by atomic mass is 10.1. The summed E-state index contributed by atoms with van der Waals surface area (Å²) in [5, 5.41) is 0. The van der Waals surface area contributed by atoms with Gasteiger partial charge in [-0.1, -0.05) is 32.5 Å². The lowest BCUT2D eigenvalue weighted by Crippen LogP contribution is -2.22. The van der Waals surface area contributed by atoms with Gasteiger partial charge in [0.05, 0.1) is 12.8 Å². The standard InChI is InChI=1S/C15H28N2O2Si/c1-18-15-16-14(13-7-5-6-8-13)11-17(15)12-19-9-10-20(2,3)4/h11,13H,5-10,12H2,1-4H3. The summed E-state index contributed by atoms with van der Waals surface area (Å²) in [5.41, 5.74) is 1.17. The molecule has 4 nitrogen and oxygen atoms in total. The van der Waals surface area contributed by atoms with Crippen molar-refractivity contribution in [3.63, 3.8) is 0 Å². The van der Waals surface area contributed by atoms with Crippen LogP contribution in [0.5, 0.6) is 6.01 Å². The maximum atomic E-state index is 5.79. The smallest absolute Gasteiger partial charge is 0.298 e. The van der Waals surface area contributed by atoms with E-state index in [-0.39, 0.29) is 0 Å². The van der Waals surface area contributed by atoms with Crippen LogP contribution in [0.25, 0.3) is 0 Å². The molecule has 1 saturated carbocycles. The first-order valence-corrected chi connectivity index (χ1v) is 11.4. The fourth-order valence-electron chi connectivity index (χ4n) is 2.63. The maximum Gasteiger partial charge on any atom is 0.298 e. The SMILES string of the molecule is COc1nc(C2CCCC2)cn1COCC[Si](C)(C)C. The van der Waals surface area contributed by atoms with Crippen molar-refractivity contribution in [2.75, 3.05) is 13.7 Å². The number of nitrogens with zero attached hydrogens (tertiary/aromatic N) is 2. The van der Waals surface area contributed by atoms with Crippen molar-refractivity contribution in [1.29, 1.82) is 0 Å². The van der Waals surface area contributed by atoms with Crippen LogP contribution in [0.2, 0.25) is 25.7 Å². The van der Waals surface area contributed by atoms with Crippen LogP contribution in [0.15, 0.2) is 6.20 Å². The van der Waals surface area contributed by atoms with Gasteiger partial charge >= 0.3 is 0 Å². The largest absolute Gasteiger partial charge is 0.468 e. The third-order valence-electron chi connectivity index (χ3n) is 3.94. The molecule has 0 spiro atoms. The molecule has 0 unspecified atom stereocenters. The second-order valence-electron chi connectivity index (χ2n) is 6.95. The molecule has 1 fully saturated rings. The summed E-state index contributed by atoms with van der Waals surface area (Å²) in [6, 6.07) is 1.87. The maximum absolute atomic E-state index is 5.79. The van der Waals surface area contributed by atoms with Gasteiger partial charge in [-0.2, -0.15) is 4.98 Å². The molecule has 1 heterocycles. The normalized spacial score (nSPS) is 16.8. The van der Waals surface area contributed by atoms with E-state index in [1.54, 1.807) is 7.11 Å². The third kappa shape index (κ3) is 4.35. The van der Waals surface area contributed by atoms with Crippen LogP contribution in [0.3, 0.4) is 0 Å². The molecule has 0 bridgehead atoms. The molecule has 0 radical (unpaired) electrons. The van der Waals surface area contributed by atoms with Gasteiger partial charge in [-0.05, 0) is 18.9 Å². The van der Waals surface area contributed by atoms with Crippen LogP contribution < -0.4 is 4.74 Å². The summed E-state index contributed by atoms with van der Waals surface area (Å²) < 4.78 is 13.2. The van der Waals surface area contributed by atoms with E-state index in [0.29, 0.717) is 18.7 Å². The van der Waals surface area contributed by atoms with E-state index < -0.39 is 8.07 Å². The fraction of sp³-hybridized carbons (Fsp3) is 0.800. The van der Waals surface area contributed by atoms with E-state index >= 15 is 0 Å². The summed E-state index contributed by atoms with van der Waals surface area (Å²) in [6.07, 6.45) is 7.29. The number of methoxy groups -OCH3 is 1. The van der Waals surface area contributed by atoms with Crippen LogP contribution in [0.4, 0.5) is 0 Å². The Bertz CT molecular complexity index is 420. The zero-order valence-corrected chi connectivity index (χ0v) is 14.3. The minimum absolute atomic E-state index is 0.549. The number of ether oxygens (including phenoxy) is 2. The Hall–Kier alpha value is -0.813. The molecule has 0 N–H and O–H groups in total. The molecule has 1 aromatic heterocycles. The van der Waals surface area contributed by atoms with Gasteiger partial charge in [0.2, 0.25) is 0 Å². The topological polar surface area (TPSA) is 36.3 Å². The molecular formula is C15H28N2O2Si. The van der Waals surface area contributed by atoms with Crippen molar-refractivity contribution in [1.82, 2.24) is 9.55 Å². The molecule has 2 rings (SSSR count). The minimum Gasteiger partial charge on any atom is -0.468 e. The zero-order valence-electron chi connectivity index (χ0n) is 13.3. The third-order valence-corrected chi connectivity index (χ3v) is 5.65. The van der Waals surface area contributed by atoms with Crippen molar-refractivity contribution in [3.8, 4) is 6.01 Å². The highest BCUT2D eigenvalue weighted by molar-refractivity contribution is 6.76. The second kappa shape index (κ2) is 6.76. The Labute approximate surface area is 123 Å². The Morgan fingerprint density at radius 1 is 1.30 bits per heavy atom. The zero-order chi connectivity index (χ0) is 14.6. The Balaban J connectivity index is 1.89. The van der Waals surface area contributed by atoms with Gasteiger partial charge in [0, 0.05) is 26.8 Å². The first kappa shape index (κ1) is 15.6. The average molecular weight is 296 g/mol. The summed E-state index contributed by atoms with van der Waals surface area (Å²) in [5.74, 6) is 0.618. The average Bonchev–Trinajstić information content (AvgIpc) is 3.02. The molecule has 0 aromatic carbocycles. The van der Waals surface area contributed by atoms with Crippen LogP contribution >= 0.6 is 0 Å². The van der Waals surface area contributed by atoms with E-state index in [9.17, 15) is 0 Å². The fourth-order valence-corrected chi connectivity index (χ4v) is 3.39. The van der Waals surface area contributed by atoms with Crippen LogP contribution in [-0.2, 0) is 11.5 Å². The van der Waals surface area contributed by atoms with E-state index in [1.807, 2.05) is 4.57 Å². The molecule has 1 aliphatic rings. The van der Waals surface area contributed by atoms with E-state index in [0.717, 1.165) is 6.61 Å². The molecule has 5 heteroatoms. The van der Waals surface area contributed by atoms with Crippen molar-refractivity contribution in [2.45, 2.75) is 64.0 Å². The minimum atomic E-state index is -1.01. The highest BCUT2D eigenvalue weighted by Gasteiger charge is 2.21. The van der Waals surface area contributed by atoms with Crippen molar-refractivity contribution in [3.05, 3.63) is 11.9 Å². The number of hydrogen-bond donors (Lipinski definition) is 0. The van der Waals surface area contributed by atoms with Crippen LogP contribution in [-0.4, -0.2) is 31.3 Å². The summed E-state index contributed by atoms with van der Waals surface area (Å²) in [6.45, 7) is 8.48. The number of rotatable bonds is 7. The predicted octanol–water partition coefficient (Wildman–Crippen LogP) is 3.86. The number of aromatic nitrogens is 2. The van der Waals surface area contributed by atoms with E-state index in [4.69, 9.17) is 9.47 Å². The number of imidazole rings is 1. The summed E-state index contributed by atoms with van der Waals surface area (Å²) in [4.78, 5) is 4.61. The summed E-state index contributed by atoms with van der Waals surface area (Å²) >= 11 is 0. The first-order chi connectivity index (χ1) is 9.49. The quantitative estimate of drug-likeness (QED) is 0.566. The lowest BCUT2D eigenvalue weighted by molar-refractivity contribution is 0.0808. The highest BCUT2D eigenvalue weighted by Crippen LogP contribution is 2.34. The van der Waals surface area contributed by atoms with Gasteiger partial charge in [-0.15, -0.1) is 0 Å². The van der Waals surface area contributed by atoms with Gasteiger partial charge < -0.3 is 9.47 Å². The second-order valence-corrected chi connectivity index (χ2v) is 12.6. The van der Waals surface area contributed by atoms with Gasteiger partial charge in [0.1, 0.15) is 6.73 Å². The Morgan fingerprint density at radius 3 is 2.60 bits per heavy atom. The van der Waals surface area contributed by atoms with Crippen LogP contribution in [0, 0.1) is 0 Å². The molecular weight excluding hydrogens is 268 g/mol. The molecule has 1 aliphatic carbocycles. The number of hydrogen-bond acceptors (Lipinski definition) is 3. The molecule has 0 amide bonds. The van der Waals surface area contributed by atoms with Gasteiger partial charge in [0.25, 0.3) is 6.01 Å². The first-order valence-electron chi connectivity index (χ1n) is 7.68. The highest BCUT2D eigenvalue weighted by atomic mass is 28.3. The Morgan fingerprint density at radius 2 is 2.00 bits per heavy atom. The summed E-state index contributed by atoms with van der Waals surface area (Å²) in [7, 11) is 0.665. The van der Waals surface area contributed by atoms with Crippen molar-refractivity contribution in [2.24, 2.45) is 0 Å². The molecule has 0 saturated heterocycles. The van der Waals surface area contributed by atoms with Gasteiger partial charge in [-0.25, -0.2) is 0 Å². The van der Waals surface area contributed by atoms with E-state index in [1.165, 1.54) is 37.4 Å². The van der Waals surface area contributed by atoms with Crippen molar-refractivity contribution >= 4 is 8.07 Å². The lowest BCUT2D eigenvalue weighted by Gasteiger charge is -2.15. The van der Waals surface area contributed by atoms with Crippen LogP contribution in [0.1, 0.15) is 37.3 Å².